The largest absolute Gasteiger partial charge is 0.419 e. The fraction of sp³-hybridized carbons (Fsp3) is 0.200. The Balaban J connectivity index is 1.75. The van der Waals surface area contributed by atoms with Gasteiger partial charge in [-0.25, -0.2) is 9.37 Å². The van der Waals surface area contributed by atoms with E-state index in [1.807, 2.05) is 0 Å². The van der Waals surface area contributed by atoms with E-state index in [1.165, 1.54) is 54.3 Å². The predicted octanol–water partition coefficient (Wildman–Crippen LogP) is 3.36. The van der Waals surface area contributed by atoms with Crippen LogP contribution in [0.15, 0.2) is 48.9 Å². The zero-order valence-electron chi connectivity index (χ0n) is 16.0. The molecule has 0 saturated carbocycles. The van der Waals surface area contributed by atoms with Gasteiger partial charge < -0.3 is 10.4 Å². The van der Waals surface area contributed by atoms with Crippen LogP contribution in [0.3, 0.4) is 0 Å². The number of anilines is 1. The Hall–Kier alpha value is -3.78. The van der Waals surface area contributed by atoms with Crippen LogP contribution in [0.2, 0.25) is 0 Å². The van der Waals surface area contributed by atoms with E-state index in [4.69, 9.17) is 5.26 Å². The lowest BCUT2D eigenvalue weighted by atomic mass is 10.1. The number of rotatable bonds is 5. The van der Waals surface area contributed by atoms with Gasteiger partial charge in [0.15, 0.2) is 11.3 Å². The third kappa shape index (κ3) is 5.04. The van der Waals surface area contributed by atoms with Crippen molar-refractivity contribution >= 4 is 11.6 Å². The van der Waals surface area contributed by atoms with Crippen LogP contribution < -0.4 is 5.32 Å². The van der Waals surface area contributed by atoms with Gasteiger partial charge in [-0.05, 0) is 30.7 Å². The second-order valence-corrected chi connectivity index (χ2v) is 6.89. The van der Waals surface area contributed by atoms with Crippen LogP contribution in [0.25, 0.3) is 11.1 Å². The summed E-state index contributed by atoms with van der Waals surface area (Å²) < 4.78 is 53.5. The SMILES string of the molecule is C[C@](O)(Cn1cc(-c2ccc(F)cc2)cn1)C(=O)Nc1cnc(C#N)c(C(F)(F)F)c1. The van der Waals surface area contributed by atoms with Gasteiger partial charge in [0.1, 0.15) is 11.9 Å². The third-order valence-electron chi connectivity index (χ3n) is 4.33. The van der Waals surface area contributed by atoms with Crippen LogP contribution in [-0.2, 0) is 17.5 Å². The van der Waals surface area contributed by atoms with Gasteiger partial charge in [-0.3, -0.25) is 9.48 Å². The summed E-state index contributed by atoms with van der Waals surface area (Å²) >= 11 is 0. The van der Waals surface area contributed by atoms with Crippen molar-refractivity contribution in [1.82, 2.24) is 14.8 Å². The zero-order valence-corrected chi connectivity index (χ0v) is 16.0. The highest BCUT2D eigenvalue weighted by Gasteiger charge is 2.36. The molecule has 2 aromatic heterocycles. The minimum absolute atomic E-state index is 0.310. The number of hydrogen-bond acceptors (Lipinski definition) is 5. The molecule has 0 aliphatic heterocycles. The summed E-state index contributed by atoms with van der Waals surface area (Å²) in [6.07, 6.45) is -0.961. The Kier molecular flexibility index (Phi) is 5.77. The van der Waals surface area contributed by atoms with Crippen molar-refractivity contribution in [2.75, 3.05) is 5.32 Å². The van der Waals surface area contributed by atoms with E-state index in [0.717, 1.165) is 6.20 Å². The number of nitrogens with zero attached hydrogens (tertiary/aromatic N) is 4. The molecule has 0 saturated heterocycles. The van der Waals surface area contributed by atoms with Crippen molar-refractivity contribution in [3.8, 4) is 17.2 Å². The first-order chi connectivity index (χ1) is 14.5. The molecule has 0 fully saturated rings. The molecule has 2 N–H and O–H groups in total. The first kappa shape index (κ1) is 21.9. The molecule has 1 atom stereocenters. The maximum atomic E-state index is 13.1. The lowest BCUT2D eigenvalue weighted by molar-refractivity contribution is -0.138. The molecule has 31 heavy (non-hydrogen) atoms. The van der Waals surface area contributed by atoms with Gasteiger partial charge in [-0.1, -0.05) is 12.1 Å². The molecule has 1 aromatic carbocycles. The quantitative estimate of drug-likeness (QED) is 0.601. The first-order valence-corrected chi connectivity index (χ1v) is 8.79. The molecule has 2 heterocycles. The van der Waals surface area contributed by atoms with Crippen LogP contribution in [0, 0.1) is 17.1 Å². The van der Waals surface area contributed by atoms with E-state index in [0.29, 0.717) is 17.2 Å². The lowest BCUT2D eigenvalue weighted by Crippen LogP contribution is -2.43. The molecule has 1 amide bonds. The number of alkyl halides is 3. The predicted molar refractivity (Wildman–Crippen MR) is 101 cm³/mol. The van der Waals surface area contributed by atoms with E-state index in [-0.39, 0.29) is 12.2 Å². The van der Waals surface area contributed by atoms with Crippen molar-refractivity contribution in [2.24, 2.45) is 0 Å². The standard InChI is InChI=1S/C20H15F4N5O2/c1-19(31,11-29-10-13(8-27-29)12-2-4-14(21)5-3-12)18(30)28-15-6-16(20(22,23)24)17(7-25)26-9-15/h2-6,8-10,31H,11H2,1H3,(H,28,30)/t19-/m0/s1. The molecule has 0 aliphatic rings. The number of carbonyl (C=O) groups excluding carboxylic acids is 1. The number of amides is 1. The maximum Gasteiger partial charge on any atom is 0.419 e. The molecule has 7 nitrogen and oxygen atoms in total. The van der Waals surface area contributed by atoms with Gasteiger partial charge in [-0.15, -0.1) is 0 Å². The Morgan fingerprint density at radius 1 is 1.23 bits per heavy atom. The van der Waals surface area contributed by atoms with Crippen molar-refractivity contribution in [3.05, 3.63) is 66.0 Å². The van der Waals surface area contributed by atoms with Crippen molar-refractivity contribution < 1.29 is 27.5 Å². The molecule has 0 bridgehead atoms. The van der Waals surface area contributed by atoms with E-state index in [2.05, 4.69) is 15.4 Å². The molecule has 0 spiro atoms. The average Bonchev–Trinajstić information content (AvgIpc) is 3.15. The number of hydrogen-bond donors (Lipinski definition) is 2. The second-order valence-electron chi connectivity index (χ2n) is 6.89. The van der Waals surface area contributed by atoms with Crippen LogP contribution >= 0.6 is 0 Å². The number of nitrogens with one attached hydrogen (secondary N) is 1. The minimum atomic E-state index is -4.84. The normalized spacial score (nSPS) is 13.3. The highest BCUT2D eigenvalue weighted by Crippen LogP contribution is 2.32. The van der Waals surface area contributed by atoms with Gasteiger partial charge >= 0.3 is 6.18 Å². The molecular weight excluding hydrogens is 418 g/mol. The Morgan fingerprint density at radius 3 is 2.52 bits per heavy atom. The summed E-state index contributed by atoms with van der Waals surface area (Å²) in [7, 11) is 0. The van der Waals surface area contributed by atoms with E-state index in [1.54, 1.807) is 0 Å². The third-order valence-corrected chi connectivity index (χ3v) is 4.33. The van der Waals surface area contributed by atoms with E-state index >= 15 is 0 Å². The summed E-state index contributed by atoms with van der Waals surface area (Å²) in [6.45, 7) is 0.860. The average molecular weight is 433 g/mol. The number of aromatic nitrogens is 3. The molecule has 3 rings (SSSR count). The Bertz CT molecular complexity index is 1150. The smallest absolute Gasteiger partial charge is 0.378 e. The molecule has 0 unspecified atom stereocenters. The fourth-order valence-electron chi connectivity index (χ4n) is 2.73. The topological polar surface area (TPSA) is 104 Å². The molecule has 160 valence electrons. The summed E-state index contributed by atoms with van der Waals surface area (Å²) in [6, 6.07) is 7.54. The van der Waals surface area contributed by atoms with Gasteiger partial charge in [0.25, 0.3) is 5.91 Å². The Labute approximate surface area is 173 Å². The second kappa shape index (κ2) is 8.16. The number of halogens is 4. The van der Waals surface area contributed by atoms with E-state index in [9.17, 15) is 27.5 Å². The number of nitriles is 1. The zero-order chi connectivity index (χ0) is 22.8. The summed E-state index contributed by atoms with van der Waals surface area (Å²) in [5.74, 6) is -1.40. The number of aliphatic hydroxyl groups is 1. The molecule has 11 heteroatoms. The summed E-state index contributed by atoms with van der Waals surface area (Å²) in [5, 5.41) is 25.5. The van der Waals surface area contributed by atoms with Crippen LogP contribution in [0.4, 0.5) is 23.2 Å². The van der Waals surface area contributed by atoms with Crippen molar-refractivity contribution in [1.29, 1.82) is 5.26 Å². The first-order valence-electron chi connectivity index (χ1n) is 8.79. The highest BCUT2D eigenvalue weighted by molar-refractivity contribution is 5.96. The summed E-state index contributed by atoms with van der Waals surface area (Å²) in [4.78, 5) is 15.9. The van der Waals surface area contributed by atoms with E-state index < -0.39 is 34.8 Å². The Morgan fingerprint density at radius 2 is 1.90 bits per heavy atom. The van der Waals surface area contributed by atoms with Crippen LogP contribution in [-0.4, -0.2) is 31.4 Å². The van der Waals surface area contributed by atoms with Gasteiger partial charge in [-0.2, -0.15) is 23.5 Å². The molecule has 0 radical (unpaired) electrons. The van der Waals surface area contributed by atoms with Crippen molar-refractivity contribution in [2.45, 2.75) is 25.2 Å². The molecule has 3 aromatic rings. The number of benzene rings is 1. The van der Waals surface area contributed by atoms with Gasteiger partial charge in [0, 0.05) is 11.8 Å². The molecular formula is C20H15F4N5O2. The van der Waals surface area contributed by atoms with Crippen molar-refractivity contribution in [3.63, 3.8) is 0 Å². The fourth-order valence-corrected chi connectivity index (χ4v) is 2.73. The van der Waals surface area contributed by atoms with Gasteiger partial charge in [0.2, 0.25) is 0 Å². The highest BCUT2D eigenvalue weighted by atomic mass is 19.4. The number of pyridine rings is 1. The monoisotopic (exact) mass is 433 g/mol. The summed E-state index contributed by atoms with van der Waals surface area (Å²) in [5.41, 5.74) is -3.23. The van der Waals surface area contributed by atoms with Crippen LogP contribution in [0.1, 0.15) is 18.2 Å². The lowest BCUT2D eigenvalue weighted by Gasteiger charge is -2.22. The minimum Gasteiger partial charge on any atom is -0.378 e. The molecule has 0 aliphatic carbocycles. The number of carbonyl (C=O) groups is 1. The van der Waals surface area contributed by atoms with Crippen LogP contribution in [0.5, 0.6) is 0 Å². The van der Waals surface area contributed by atoms with Gasteiger partial charge in [0.05, 0.1) is 30.2 Å². The maximum absolute atomic E-state index is 13.1.